The van der Waals surface area contributed by atoms with Gasteiger partial charge >= 0.3 is 6.18 Å². The Morgan fingerprint density at radius 3 is 2.70 bits per heavy atom. The first-order valence-electron chi connectivity index (χ1n) is 12.5. The van der Waals surface area contributed by atoms with Gasteiger partial charge in [-0.2, -0.15) is 23.4 Å². The van der Waals surface area contributed by atoms with Gasteiger partial charge in [0.15, 0.2) is 5.65 Å². The number of halogens is 3. The minimum atomic E-state index is -4.35. The minimum absolute atomic E-state index is 0.0231. The van der Waals surface area contributed by atoms with E-state index < -0.39 is 12.7 Å². The van der Waals surface area contributed by atoms with Gasteiger partial charge in [0.2, 0.25) is 0 Å². The van der Waals surface area contributed by atoms with Crippen LogP contribution in [0.15, 0.2) is 43.0 Å². The second-order valence-electron chi connectivity index (χ2n) is 9.98. The summed E-state index contributed by atoms with van der Waals surface area (Å²) in [6.45, 7) is 1.17. The van der Waals surface area contributed by atoms with E-state index in [4.69, 9.17) is 10.7 Å². The molecule has 6 rings (SSSR count). The maximum atomic E-state index is 12.9. The predicted octanol–water partition coefficient (Wildman–Crippen LogP) is 4.33. The van der Waals surface area contributed by atoms with Crippen LogP contribution in [0.3, 0.4) is 0 Å². The fraction of sp³-hybridized carbons (Fsp3) is 0.440. The van der Waals surface area contributed by atoms with E-state index >= 15 is 0 Å². The van der Waals surface area contributed by atoms with Gasteiger partial charge in [-0.15, -0.1) is 0 Å². The van der Waals surface area contributed by atoms with Crippen LogP contribution in [0.2, 0.25) is 0 Å². The summed E-state index contributed by atoms with van der Waals surface area (Å²) in [5.41, 5.74) is 9.20. The van der Waals surface area contributed by atoms with Crippen molar-refractivity contribution in [2.24, 2.45) is 11.7 Å². The van der Waals surface area contributed by atoms with Gasteiger partial charge in [0, 0.05) is 66.3 Å². The van der Waals surface area contributed by atoms with Crippen molar-refractivity contribution in [3.63, 3.8) is 0 Å². The zero-order valence-electron chi connectivity index (χ0n) is 20.2. The standard InChI is InChI=1S/C25H28F3N9/c26-25(27,28)15-36-13-18(10-31-36)20-11-30-23(8-21(20)35-7-1-2-19(29)14-35)33-22-6-5-17-9-32-37(24(17)34-22)12-16-3-4-16/h5-6,8-11,13,16,19H,1-4,7,12,14-15,29H2,(H,30,33,34)/t19-/m0/s1. The van der Waals surface area contributed by atoms with Crippen LogP contribution < -0.4 is 16.0 Å². The normalized spacial score (nSPS) is 18.5. The molecule has 194 valence electrons. The number of piperidine rings is 1. The van der Waals surface area contributed by atoms with Crippen molar-refractivity contribution in [1.82, 2.24) is 29.5 Å². The number of fused-ring (bicyclic) bond motifs is 1. The van der Waals surface area contributed by atoms with E-state index in [1.165, 1.54) is 25.2 Å². The van der Waals surface area contributed by atoms with E-state index in [0.717, 1.165) is 47.3 Å². The average molecular weight is 512 g/mol. The molecule has 1 aliphatic carbocycles. The lowest BCUT2D eigenvalue weighted by Gasteiger charge is -2.34. The molecule has 0 amide bonds. The minimum Gasteiger partial charge on any atom is -0.369 e. The lowest BCUT2D eigenvalue weighted by Crippen LogP contribution is -2.43. The lowest BCUT2D eigenvalue weighted by molar-refractivity contribution is -0.142. The lowest BCUT2D eigenvalue weighted by atomic mass is 10.0. The molecular weight excluding hydrogens is 483 g/mol. The molecule has 0 radical (unpaired) electrons. The van der Waals surface area contributed by atoms with Crippen LogP contribution in [0.1, 0.15) is 25.7 Å². The Balaban J connectivity index is 1.31. The summed E-state index contributed by atoms with van der Waals surface area (Å²) >= 11 is 0. The fourth-order valence-electron chi connectivity index (χ4n) is 4.83. The van der Waals surface area contributed by atoms with E-state index in [-0.39, 0.29) is 6.04 Å². The molecule has 0 aromatic carbocycles. The van der Waals surface area contributed by atoms with Gasteiger partial charge in [0.1, 0.15) is 18.2 Å². The van der Waals surface area contributed by atoms with Crippen LogP contribution >= 0.6 is 0 Å². The van der Waals surface area contributed by atoms with Crippen LogP contribution in [0.4, 0.5) is 30.5 Å². The van der Waals surface area contributed by atoms with Crippen LogP contribution in [-0.4, -0.2) is 54.8 Å². The zero-order valence-corrected chi connectivity index (χ0v) is 20.2. The van der Waals surface area contributed by atoms with Gasteiger partial charge in [-0.05, 0) is 43.7 Å². The largest absolute Gasteiger partial charge is 0.408 e. The molecule has 1 saturated heterocycles. The van der Waals surface area contributed by atoms with Gasteiger partial charge in [-0.1, -0.05) is 0 Å². The number of pyridine rings is 2. The Labute approximate surface area is 211 Å². The molecule has 37 heavy (non-hydrogen) atoms. The summed E-state index contributed by atoms with van der Waals surface area (Å²) in [5.74, 6) is 1.90. The Bertz CT molecular complexity index is 1410. The number of aromatic nitrogens is 6. The summed E-state index contributed by atoms with van der Waals surface area (Å²) in [5, 5.41) is 12.7. The van der Waals surface area contributed by atoms with Gasteiger partial charge in [0.25, 0.3) is 0 Å². The Kier molecular flexibility index (Phi) is 5.98. The molecule has 9 nitrogen and oxygen atoms in total. The smallest absolute Gasteiger partial charge is 0.369 e. The third-order valence-corrected chi connectivity index (χ3v) is 6.84. The molecule has 1 aliphatic heterocycles. The molecule has 0 unspecified atom stereocenters. The molecule has 4 aromatic heterocycles. The summed E-state index contributed by atoms with van der Waals surface area (Å²) in [6, 6.07) is 5.80. The first-order valence-corrected chi connectivity index (χ1v) is 12.5. The second kappa shape index (κ2) is 9.33. The van der Waals surface area contributed by atoms with E-state index in [0.29, 0.717) is 35.2 Å². The van der Waals surface area contributed by atoms with Crippen molar-refractivity contribution in [2.75, 3.05) is 23.3 Å². The highest BCUT2D eigenvalue weighted by Gasteiger charge is 2.29. The summed E-state index contributed by atoms with van der Waals surface area (Å²) in [4.78, 5) is 11.5. The zero-order chi connectivity index (χ0) is 25.6. The quantitative estimate of drug-likeness (QED) is 0.381. The maximum absolute atomic E-state index is 12.9. The number of hydrogen-bond donors (Lipinski definition) is 2. The van der Waals surface area contributed by atoms with Gasteiger partial charge in [-0.25, -0.2) is 14.6 Å². The van der Waals surface area contributed by atoms with E-state index in [1.807, 2.05) is 29.1 Å². The average Bonchev–Trinajstić information content (AvgIpc) is 3.42. The highest BCUT2D eigenvalue weighted by Crippen LogP contribution is 2.35. The molecule has 0 bridgehead atoms. The van der Waals surface area contributed by atoms with Crippen LogP contribution in [0, 0.1) is 5.92 Å². The Morgan fingerprint density at radius 2 is 1.92 bits per heavy atom. The Hall–Kier alpha value is -3.67. The van der Waals surface area contributed by atoms with E-state index in [9.17, 15) is 13.2 Å². The van der Waals surface area contributed by atoms with Crippen LogP contribution in [0.25, 0.3) is 22.2 Å². The summed E-state index contributed by atoms with van der Waals surface area (Å²) in [6.07, 6.45) is 6.33. The fourth-order valence-corrected chi connectivity index (χ4v) is 4.83. The van der Waals surface area contributed by atoms with Gasteiger partial charge < -0.3 is 16.0 Å². The number of nitrogens with two attached hydrogens (primary N) is 1. The highest BCUT2D eigenvalue weighted by molar-refractivity contribution is 5.81. The van der Waals surface area contributed by atoms with Gasteiger partial charge in [0.05, 0.1) is 12.4 Å². The van der Waals surface area contributed by atoms with E-state index in [2.05, 4.69) is 25.4 Å². The van der Waals surface area contributed by atoms with Crippen molar-refractivity contribution in [1.29, 1.82) is 0 Å². The molecule has 5 heterocycles. The molecule has 4 aromatic rings. The third-order valence-electron chi connectivity index (χ3n) is 6.84. The molecule has 1 saturated carbocycles. The van der Waals surface area contributed by atoms with Gasteiger partial charge in [-0.3, -0.25) is 4.68 Å². The summed E-state index contributed by atoms with van der Waals surface area (Å²) < 4.78 is 41.5. The monoisotopic (exact) mass is 511 g/mol. The number of alkyl halides is 3. The molecule has 12 heteroatoms. The molecule has 2 fully saturated rings. The number of hydrogen-bond acceptors (Lipinski definition) is 7. The highest BCUT2D eigenvalue weighted by atomic mass is 19.4. The maximum Gasteiger partial charge on any atom is 0.408 e. The van der Waals surface area contributed by atoms with E-state index in [1.54, 1.807) is 6.20 Å². The molecule has 2 aliphatic rings. The van der Waals surface area contributed by atoms with Crippen molar-refractivity contribution < 1.29 is 13.2 Å². The molecule has 1 atom stereocenters. The molecule has 0 spiro atoms. The van der Waals surface area contributed by atoms with Crippen LogP contribution in [0.5, 0.6) is 0 Å². The molecular formula is C25H28F3N9. The van der Waals surface area contributed by atoms with Crippen molar-refractivity contribution in [3.05, 3.63) is 43.0 Å². The van der Waals surface area contributed by atoms with Crippen molar-refractivity contribution in [2.45, 2.75) is 51.0 Å². The van der Waals surface area contributed by atoms with Crippen LogP contribution in [-0.2, 0) is 13.1 Å². The third kappa shape index (κ3) is 5.38. The first kappa shape index (κ1) is 23.7. The van der Waals surface area contributed by atoms with Crippen molar-refractivity contribution in [3.8, 4) is 11.1 Å². The topological polar surface area (TPSA) is 103 Å². The number of anilines is 3. The SMILES string of the molecule is N[C@H]1CCCN(c2cc(Nc3ccc4cnn(CC5CC5)c4n3)ncc2-c2cnn(CC(F)(F)F)c2)C1. The predicted molar refractivity (Wildman–Crippen MR) is 134 cm³/mol. The van der Waals surface area contributed by atoms with Crippen molar-refractivity contribution >= 4 is 28.4 Å². The molecule has 3 N–H and O–H groups in total. The second-order valence-corrected chi connectivity index (χ2v) is 9.98. The number of nitrogens with zero attached hydrogens (tertiary/aromatic N) is 7. The first-order chi connectivity index (χ1) is 17.8. The summed E-state index contributed by atoms with van der Waals surface area (Å²) in [7, 11) is 0. The Morgan fingerprint density at radius 1 is 1.05 bits per heavy atom. The number of rotatable bonds is 7. The number of nitrogens with one attached hydrogen (secondary N) is 1.